The second-order valence-electron chi connectivity index (χ2n) is 4.06. The van der Waals surface area contributed by atoms with E-state index in [4.69, 9.17) is 4.99 Å². The predicted octanol–water partition coefficient (Wildman–Crippen LogP) is 3.13. The highest BCUT2D eigenvalue weighted by Crippen LogP contribution is 2.33. The van der Waals surface area contributed by atoms with E-state index in [1.165, 1.54) is 37.1 Å². The number of fused-ring (bicyclic) bond motifs is 2. The summed E-state index contributed by atoms with van der Waals surface area (Å²) >= 11 is 0. The molecule has 1 heterocycles. The van der Waals surface area contributed by atoms with Crippen LogP contribution in [0.15, 0.2) is 29.3 Å². The number of hydrogen-bond donors (Lipinski definition) is 1. The van der Waals surface area contributed by atoms with Gasteiger partial charge in [-0.3, -0.25) is 4.99 Å². The number of nitrogens with one attached hydrogen (secondary N) is 1. The zero-order valence-corrected chi connectivity index (χ0v) is 8.16. The number of benzene rings is 1. The van der Waals surface area contributed by atoms with Gasteiger partial charge in [0.15, 0.2) is 0 Å². The van der Waals surface area contributed by atoms with E-state index in [1.54, 1.807) is 0 Å². The standard InChI is InChI=1S/C12H14N2/c1-2-6-10-9(5-1)13-11-7-3-4-8-12(11)14-10/h1-2,5-6,11,13H,3-4,7-8H2. The van der Waals surface area contributed by atoms with Gasteiger partial charge in [0.05, 0.1) is 17.4 Å². The number of aliphatic imine (C=N–C) groups is 1. The smallest absolute Gasteiger partial charge is 0.0861 e. The second-order valence-corrected chi connectivity index (χ2v) is 4.06. The Balaban J connectivity index is 2.03. The molecule has 2 heteroatoms. The average Bonchev–Trinajstić information content (AvgIpc) is 2.26. The van der Waals surface area contributed by atoms with Crippen LogP contribution in [0.2, 0.25) is 0 Å². The molecule has 1 aromatic carbocycles. The van der Waals surface area contributed by atoms with E-state index in [2.05, 4.69) is 23.5 Å². The van der Waals surface area contributed by atoms with Crippen LogP contribution in [0.1, 0.15) is 25.7 Å². The molecule has 0 amide bonds. The minimum absolute atomic E-state index is 0.513. The first-order valence-corrected chi connectivity index (χ1v) is 5.36. The number of para-hydroxylation sites is 2. The normalized spacial score (nSPS) is 24.3. The van der Waals surface area contributed by atoms with Gasteiger partial charge in [0.1, 0.15) is 0 Å². The van der Waals surface area contributed by atoms with Gasteiger partial charge in [-0.25, -0.2) is 0 Å². The second kappa shape index (κ2) is 3.12. The van der Waals surface area contributed by atoms with Crippen molar-refractivity contribution in [2.75, 3.05) is 5.32 Å². The van der Waals surface area contributed by atoms with Crippen molar-refractivity contribution in [1.82, 2.24) is 0 Å². The summed E-state index contributed by atoms with van der Waals surface area (Å²) in [7, 11) is 0. The van der Waals surface area contributed by atoms with Gasteiger partial charge in [0.25, 0.3) is 0 Å². The molecule has 0 aromatic heterocycles. The van der Waals surface area contributed by atoms with E-state index in [0.717, 1.165) is 5.69 Å². The van der Waals surface area contributed by atoms with Gasteiger partial charge in [-0.15, -0.1) is 0 Å². The molecule has 1 aliphatic carbocycles. The van der Waals surface area contributed by atoms with Crippen molar-refractivity contribution in [2.45, 2.75) is 31.7 Å². The topological polar surface area (TPSA) is 24.4 Å². The largest absolute Gasteiger partial charge is 0.375 e. The van der Waals surface area contributed by atoms with E-state index in [0.29, 0.717) is 6.04 Å². The van der Waals surface area contributed by atoms with Crippen LogP contribution in [0.3, 0.4) is 0 Å². The first-order chi connectivity index (χ1) is 6.93. The summed E-state index contributed by atoms with van der Waals surface area (Å²) in [6, 6.07) is 8.83. The van der Waals surface area contributed by atoms with Crippen molar-refractivity contribution in [1.29, 1.82) is 0 Å². The summed E-state index contributed by atoms with van der Waals surface area (Å²) in [4.78, 5) is 4.72. The third-order valence-corrected chi connectivity index (χ3v) is 3.08. The lowest BCUT2D eigenvalue weighted by molar-refractivity contribution is 0.625. The molecule has 1 aromatic rings. The molecule has 1 unspecified atom stereocenters. The van der Waals surface area contributed by atoms with Gasteiger partial charge in [0.2, 0.25) is 0 Å². The highest BCUT2D eigenvalue weighted by atomic mass is 15.0. The summed E-state index contributed by atoms with van der Waals surface area (Å²) in [6.07, 6.45) is 5.05. The lowest BCUT2D eigenvalue weighted by atomic mass is 9.91. The molecule has 0 radical (unpaired) electrons. The fraction of sp³-hybridized carbons (Fsp3) is 0.417. The molecule has 1 aliphatic heterocycles. The summed E-state index contributed by atoms with van der Waals surface area (Å²) in [5.41, 5.74) is 3.67. The summed E-state index contributed by atoms with van der Waals surface area (Å²) in [5.74, 6) is 0. The lowest BCUT2D eigenvalue weighted by Gasteiger charge is -2.30. The van der Waals surface area contributed by atoms with E-state index >= 15 is 0 Å². The van der Waals surface area contributed by atoms with Crippen LogP contribution in [0, 0.1) is 0 Å². The third-order valence-electron chi connectivity index (χ3n) is 3.08. The first-order valence-electron chi connectivity index (χ1n) is 5.36. The van der Waals surface area contributed by atoms with Crippen LogP contribution < -0.4 is 5.32 Å². The molecule has 1 atom stereocenters. The molecule has 2 aliphatic rings. The zero-order valence-electron chi connectivity index (χ0n) is 8.16. The summed E-state index contributed by atoms with van der Waals surface area (Å²) in [5, 5.41) is 3.57. The quantitative estimate of drug-likeness (QED) is 0.661. The molecule has 1 N–H and O–H groups in total. The molecule has 14 heavy (non-hydrogen) atoms. The Bertz CT molecular complexity index is 382. The Labute approximate surface area is 84.1 Å². The number of anilines is 1. The molecule has 72 valence electrons. The molecule has 0 bridgehead atoms. The molecule has 0 saturated heterocycles. The van der Waals surface area contributed by atoms with Gasteiger partial charge in [0, 0.05) is 5.71 Å². The molecule has 0 spiro atoms. The maximum Gasteiger partial charge on any atom is 0.0861 e. The van der Waals surface area contributed by atoms with Crippen LogP contribution in [0.5, 0.6) is 0 Å². The SMILES string of the molecule is c1ccc2c(c1)N=C1CCCCC1N2. The molecular formula is C12H14N2. The van der Waals surface area contributed by atoms with Gasteiger partial charge >= 0.3 is 0 Å². The Kier molecular flexibility index (Phi) is 1.79. The maximum atomic E-state index is 4.72. The Morgan fingerprint density at radius 3 is 3.14 bits per heavy atom. The van der Waals surface area contributed by atoms with E-state index in [9.17, 15) is 0 Å². The number of rotatable bonds is 0. The van der Waals surface area contributed by atoms with E-state index in [1.807, 2.05) is 6.07 Å². The molecular weight excluding hydrogens is 172 g/mol. The molecule has 1 fully saturated rings. The van der Waals surface area contributed by atoms with Crippen LogP contribution in [-0.2, 0) is 0 Å². The van der Waals surface area contributed by atoms with Gasteiger partial charge in [-0.2, -0.15) is 0 Å². The highest BCUT2D eigenvalue weighted by Gasteiger charge is 2.24. The van der Waals surface area contributed by atoms with Crippen molar-refractivity contribution in [2.24, 2.45) is 4.99 Å². The summed E-state index contributed by atoms with van der Waals surface area (Å²) in [6.45, 7) is 0. The zero-order chi connectivity index (χ0) is 9.38. The number of nitrogens with zero attached hydrogens (tertiary/aromatic N) is 1. The van der Waals surface area contributed by atoms with Crippen molar-refractivity contribution in [3.8, 4) is 0 Å². The van der Waals surface area contributed by atoms with Crippen LogP contribution in [0.4, 0.5) is 11.4 Å². The summed E-state index contributed by atoms with van der Waals surface area (Å²) < 4.78 is 0. The Morgan fingerprint density at radius 1 is 1.21 bits per heavy atom. The van der Waals surface area contributed by atoms with Crippen LogP contribution >= 0.6 is 0 Å². The van der Waals surface area contributed by atoms with Crippen LogP contribution in [-0.4, -0.2) is 11.8 Å². The lowest BCUT2D eigenvalue weighted by Crippen LogP contribution is -2.34. The molecule has 1 saturated carbocycles. The fourth-order valence-corrected chi connectivity index (χ4v) is 2.32. The minimum Gasteiger partial charge on any atom is -0.375 e. The fourth-order valence-electron chi connectivity index (χ4n) is 2.32. The Hall–Kier alpha value is -1.31. The van der Waals surface area contributed by atoms with Crippen molar-refractivity contribution in [3.05, 3.63) is 24.3 Å². The maximum absolute atomic E-state index is 4.72. The average molecular weight is 186 g/mol. The first kappa shape index (κ1) is 8.04. The van der Waals surface area contributed by atoms with E-state index < -0.39 is 0 Å². The van der Waals surface area contributed by atoms with Crippen molar-refractivity contribution >= 4 is 17.1 Å². The third kappa shape index (κ3) is 1.22. The Morgan fingerprint density at radius 2 is 2.14 bits per heavy atom. The minimum atomic E-state index is 0.513. The van der Waals surface area contributed by atoms with Crippen molar-refractivity contribution in [3.63, 3.8) is 0 Å². The van der Waals surface area contributed by atoms with E-state index in [-0.39, 0.29) is 0 Å². The predicted molar refractivity (Wildman–Crippen MR) is 59.4 cm³/mol. The monoisotopic (exact) mass is 186 g/mol. The van der Waals surface area contributed by atoms with Gasteiger partial charge < -0.3 is 5.32 Å². The molecule has 3 rings (SSSR count). The molecule has 2 nitrogen and oxygen atoms in total. The van der Waals surface area contributed by atoms with Gasteiger partial charge in [-0.1, -0.05) is 18.6 Å². The number of hydrogen-bond acceptors (Lipinski definition) is 2. The highest BCUT2D eigenvalue weighted by molar-refractivity contribution is 5.98. The van der Waals surface area contributed by atoms with Gasteiger partial charge in [-0.05, 0) is 31.4 Å². The van der Waals surface area contributed by atoms with Crippen molar-refractivity contribution < 1.29 is 0 Å². The van der Waals surface area contributed by atoms with Crippen LogP contribution in [0.25, 0.3) is 0 Å².